The summed E-state index contributed by atoms with van der Waals surface area (Å²) < 4.78 is 13.7. The molecule has 3 aliphatic heterocycles. The quantitative estimate of drug-likeness (QED) is 0.163. The minimum absolute atomic E-state index is 0.0403. The molecule has 0 aliphatic carbocycles. The smallest absolute Gasteiger partial charge is 0.333 e. The van der Waals surface area contributed by atoms with Gasteiger partial charge in [0, 0.05) is 61.5 Å². The lowest BCUT2D eigenvalue weighted by Gasteiger charge is -2.51. The number of hydrogen-bond acceptors (Lipinski definition) is 4. The SMILES string of the molecule is CC(C)(C)c1ccc(N2c3cc4oc5ccccc5c4c4c3B(c3c2ccc2oc5ccccc5c32)N2c3ccccc3[Si](C)(C)c3cccc-4c32)c(-c2ccccc2)c1. The first-order valence-electron chi connectivity index (χ1n) is 21.1. The van der Waals surface area contributed by atoms with Crippen molar-refractivity contribution in [1.82, 2.24) is 0 Å². The molecule has 60 heavy (non-hydrogen) atoms. The number of anilines is 5. The molecule has 0 N–H and O–H groups in total. The van der Waals surface area contributed by atoms with Crippen molar-refractivity contribution in [3.63, 3.8) is 0 Å². The zero-order valence-corrected chi connectivity index (χ0v) is 35.3. The highest BCUT2D eigenvalue weighted by Crippen LogP contribution is 2.53. The van der Waals surface area contributed by atoms with Gasteiger partial charge in [0.1, 0.15) is 30.4 Å². The third-order valence-electron chi connectivity index (χ3n) is 13.8. The topological polar surface area (TPSA) is 32.8 Å². The van der Waals surface area contributed by atoms with Crippen LogP contribution in [0.3, 0.4) is 0 Å². The summed E-state index contributed by atoms with van der Waals surface area (Å²) in [6, 6.07) is 58.4. The molecule has 5 heterocycles. The summed E-state index contributed by atoms with van der Waals surface area (Å²) in [5, 5.41) is 7.56. The van der Waals surface area contributed by atoms with Crippen LogP contribution in [0.25, 0.3) is 66.1 Å². The van der Waals surface area contributed by atoms with Gasteiger partial charge in [0.05, 0.1) is 5.69 Å². The van der Waals surface area contributed by atoms with Gasteiger partial charge in [-0.1, -0.05) is 143 Å². The lowest BCUT2D eigenvalue weighted by atomic mass is 9.42. The van der Waals surface area contributed by atoms with Crippen molar-refractivity contribution < 1.29 is 8.83 Å². The second-order valence-electron chi connectivity index (χ2n) is 18.4. The van der Waals surface area contributed by atoms with Crippen LogP contribution < -0.4 is 31.0 Å². The molecule has 10 aromatic rings. The first-order chi connectivity index (χ1) is 29.2. The van der Waals surface area contributed by atoms with Crippen molar-refractivity contribution in [2.24, 2.45) is 0 Å². The van der Waals surface area contributed by atoms with E-state index in [1.807, 2.05) is 0 Å². The molecule has 0 atom stereocenters. The summed E-state index contributed by atoms with van der Waals surface area (Å²) in [6.45, 7) is 11.8. The van der Waals surface area contributed by atoms with Gasteiger partial charge in [-0.3, -0.25) is 0 Å². The third-order valence-corrected chi connectivity index (χ3v) is 17.3. The molecular formula is C54H41BN2O2Si. The van der Waals surface area contributed by atoms with Crippen LogP contribution in [0.2, 0.25) is 13.1 Å². The molecule has 0 amide bonds. The van der Waals surface area contributed by atoms with E-state index >= 15 is 0 Å². The molecule has 3 aliphatic rings. The van der Waals surface area contributed by atoms with Gasteiger partial charge < -0.3 is 18.5 Å². The molecule has 13 rings (SSSR count). The molecule has 2 aromatic heterocycles. The van der Waals surface area contributed by atoms with Crippen LogP contribution >= 0.6 is 0 Å². The van der Waals surface area contributed by atoms with Crippen LogP contribution in [0.15, 0.2) is 167 Å². The highest BCUT2D eigenvalue weighted by atomic mass is 28.3. The van der Waals surface area contributed by atoms with E-state index in [1.54, 1.807) is 0 Å². The van der Waals surface area contributed by atoms with E-state index in [0.29, 0.717) is 0 Å². The van der Waals surface area contributed by atoms with Crippen molar-refractivity contribution in [2.45, 2.75) is 39.3 Å². The molecular weight excluding hydrogens is 748 g/mol. The van der Waals surface area contributed by atoms with Crippen molar-refractivity contribution in [3.05, 3.63) is 163 Å². The summed E-state index contributed by atoms with van der Waals surface area (Å²) in [5.41, 5.74) is 18.4. The molecule has 286 valence electrons. The first-order valence-corrected chi connectivity index (χ1v) is 24.1. The molecule has 0 unspecified atom stereocenters. The van der Waals surface area contributed by atoms with Crippen LogP contribution in [-0.4, -0.2) is 14.9 Å². The normalized spacial score (nSPS) is 14.8. The highest BCUT2D eigenvalue weighted by Gasteiger charge is 2.52. The molecule has 0 saturated heterocycles. The number of rotatable bonds is 2. The van der Waals surface area contributed by atoms with Gasteiger partial charge in [-0.15, -0.1) is 0 Å². The van der Waals surface area contributed by atoms with E-state index in [4.69, 9.17) is 8.83 Å². The van der Waals surface area contributed by atoms with Crippen LogP contribution in [0.1, 0.15) is 26.3 Å². The Morgan fingerprint density at radius 2 is 1.17 bits per heavy atom. The average Bonchev–Trinajstić information content (AvgIpc) is 3.84. The van der Waals surface area contributed by atoms with E-state index in [2.05, 4.69) is 201 Å². The fraction of sp³-hybridized carbons (Fsp3) is 0.111. The molecule has 0 spiro atoms. The predicted molar refractivity (Wildman–Crippen MR) is 256 cm³/mol. The van der Waals surface area contributed by atoms with Gasteiger partial charge in [0.15, 0.2) is 0 Å². The van der Waals surface area contributed by atoms with Crippen LogP contribution in [-0.2, 0) is 5.41 Å². The van der Waals surface area contributed by atoms with Crippen molar-refractivity contribution in [1.29, 1.82) is 0 Å². The summed E-state index contributed by atoms with van der Waals surface area (Å²) in [7, 11) is -2.15. The first kappa shape index (κ1) is 34.1. The van der Waals surface area contributed by atoms with Crippen LogP contribution in [0.5, 0.6) is 0 Å². The minimum atomic E-state index is -2.15. The molecule has 0 bridgehead atoms. The maximum Gasteiger partial charge on any atom is 0.333 e. The Morgan fingerprint density at radius 3 is 1.95 bits per heavy atom. The van der Waals surface area contributed by atoms with Gasteiger partial charge in [-0.25, -0.2) is 0 Å². The summed E-state index contributed by atoms with van der Waals surface area (Å²) in [5.74, 6) is 0. The molecule has 0 radical (unpaired) electrons. The van der Waals surface area contributed by atoms with Gasteiger partial charge in [-0.2, -0.15) is 0 Å². The molecule has 0 saturated carbocycles. The second-order valence-corrected chi connectivity index (χ2v) is 22.8. The fourth-order valence-corrected chi connectivity index (χ4v) is 14.0. The molecule has 0 fully saturated rings. The fourth-order valence-electron chi connectivity index (χ4n) is 11.0. The monoisotopic (exact) mass is 788 g/mol. The number of furan rings is 2. The lowest BCUT2D eigenvalue weighted by Crippen LogP contribution is -2.68. The van der Waals surface area contributed by atoms with Crippen LogP contribution in [0, 0.1) is 0 Å². The van der Waals surface area contributed by atoms with E-state index in [9.17, 15) is 0 Å². The maximum atomic E-state index is 6.95. The van der Waals surface area contributed by atoms with Gasteiger partial charge in [-0.05, 0) is 85.9 Å². The number of fused-ring (bicyclic) bond motifs is 14. The Labute approximate surface area is 350 Å². The minimum Gasteiger partial charge on any atom is -0.456 e. The van der Waals surface area contributed by atoms with E-state index in [-0.39, 0.29) is 12.3 Å². The Morgan fingerprint density at radius 1 is 0.500 bits per heavy atom. The number of nitrogens with zero attached hydrogens (tertiary/aromatic N) is 2. The number of benzene rings is 8. The van der Waals surface area contributed by atoms with E-state index in [0.717, 1.165) is 50.2 Å². The lowest BCUT2D eigenvalue weighted by molar-refractivity contribution is 0.590. The Bertz CT molecular complexity index is 3480. The Hall–Kier alpha value is -6.76. The largest absolute Gasteiger partial charge is 0.456 e. The average molecular weight is 789 g/mol. The second kappa shape index (κ2) is 11.7. The van der Waals surface area contributed by atoms with Gasteiger partial charge in [0.2, 0.25) is 0 Å². The molecule has 6 heteroatoms. The van der Waals surface area contributed by atoms with E-state index < -0.39 is 8.07 Å². The third kappa shape index (κ3) is 4.36. The summed E-state index contributed by atoms with van der Waals surface area (Å²) in [6.07, 6.45) is 0. The van der Waals surface area contributed by atoms with Gasteiger partial charge >= 0.3 is 6.85 Å². The maximum absolute atomic E-state index is 6.95. The molecule has 8 aromatic carbocycles. The highest BCUT2D eigenvalue weighted by molar-refractivity contribution is 7.05. The Kier molecular flexibility index (Phi) is 6.66. The zero-order valence-electron chi connectivity index (χ0n) is 34.3. The standard InChI is InChI=1S/C54H41BN2O2Si/c1-54(2,3)33-26-27-38(37(30-33)32-16-7-6-8-17-32)56-40-28-29-44-49(35-19-10-13-23-43(35)58-44)51(40)55-52-41(56)31-45-48(34-18-9-12-22-42(34)59-45)50(52)36-20-15-25-47-53(36)57(55)39-21-11-14-24-46(39)60(47,4)5/h6-31H,1-5H3. The number of hydrogen-bond donors (Lipinski definition) is 0. The molecule has 4 nitrogen and oxygen atoms in total. The predicted octanol–water partition coefficient (Wildman–Crippen LogP) is 12.3. The summed E-state index contributed by atoms with van der Waals surface area (Å²) in [4.78, 5) is 5.27. The zero-order chi connectivity index (χ0) is 40.2. The van der Waals surface area contributed by atoms with Crippen LogP contribution in [0.4, 0.5) is 28.4 Å². The van der Waals surface area contributed by atoms with Crippen molar-refractivity contribution >= 4 is 109 Å². The van der Waals surface area contributed by atoms with E-state index in [1.165, 1.54) is 71.3 Å². The Balaban J connectivity index is 1.27. The summed E-state index contributed by atoms with van der Waals surface area (Å²) >= 11 is 0. The number of para-hydroxylation sites is 4. The van der Waals surface area contributed by atoms with Crippen molar-refractivity contribution in [3.8, 4) is 22.3 Å². The van der Waals surface area contributed by atoms with Crippen molar-refractivity contribution in [2.75, 3.05) is 9.71 Å². The van der Waals surface area contributed by atoms with Gasteiger partial charge in [0.25, 0.3) is 0 Å².